The summed E-state index contributed by atoms with van der Waals surface area (Å²) < 4.78 is 0. The van der Waals surface area contributed by atoms with Crippen LogP contribution in [-0.4, -0.2) is 30.0 Å². The number of pyridine rings is 1. The first-order valence-electron chi connectivity index (χ1n) is 6.68. The van der Waals surface area contributed by atoms with E-state index in [4.69, 9.17) is 0 Å². The fourth-order valence-electron chi connectivity index (χ4n) is 2.46. The zero-order valence-electron chi connectivity index (χ0n) is 10.7. The number of carbonyl (C=O) groups is 1. The van der Waals surface area contributed by atoms with Crippen LogP contribution in [0.2, 0.25) is 0 Å². The summed E-state index contributed by atoms with van der Waals surface area (Å²) >= 11 is 0. The van der Waals surface area contributed by atoms with Crippen molar-refractivity contribution in [3.8, 4) is 0 Å². The molecule has 1 aliphatic rings. The molecule has 0 bridgehead atoms. The van der Waals surface area contributed by atoms with Gasteiger partial charge in [0.25, 0.3) is 5.91 Å². The Morgan fingerprint density at radius 3 is 2.89 bits per heavy atom. The molecule has 0 aliphatic carbocycles. The SMILES string of the molecule is O=C(NC1CCNCC1)c1ccc2ccncc2c1. The third-order valence-corrected chi connectivity index (χ3v) is 3.58. The molecule has 1 aliphatic heterocycles. The van der Waals surface area contributed by atoms with Crippen LogP contribution >= 0.6 is 0 Å². The summed E-state index contributed by atoms with van der Waals surface area (Å²) in [5.41, 5.74) is 0.707. The number of benzene rings is 1. The molecule has 1 amide bonds. The summed E-state index contributed by atoms with van der Waals surface area (Å²) in [6.07, 6.45) is 5.55. The molecule has 2 aromatic rings. The van der Waals surface area contributed by atoms with Crippen molar-refractivity contribution in [2.75, 3.05) is 13.1 Å². The molecule has 0 atom stereocenters. The summed E-state index contributed by atoms with van der Waals surface area (Å²) in [5.74, 6) is 0.0117. The summed E-state index contributed by atoms with van der Waals surface area (Å²) in [6, 6.07) is 7.98. The fraction of sp³-hybridized carbons (Fsp3) is 0.333. The molecule has 4 nitrogen and oxygen atoms in total. The maximum absolute atomic E-state index is 12.2. The number of nitrogens with zero attached hydrogens (tertiary/aromatic N) is 1. The van der Waals surface area contributed by atoms with Gasteiger partial charge < -0.3 is 10.6 Å². The minimum atomic E-state index is 0.0117. The van der Waals surface area contributed by atoms with E-state index in [9.17, 15) is 4.79 Å². The van der Waals surface area contributed by atoms with Gasteiger partial charge in [0.2, 0.25) is 0 Å². The van der Waals surface area contributed by atoms with E-state index >= 15 is 0 Å². The second-order valence-corrected chi connectivity index (χ2v) is 4.94. The van der Waals surface area contributed by atoms with E-state index in [2.05, 4.69) is 15.6 Å². The molecular formula is C15H17N3O. The van der Waals surface area contributed by atoms with E-state index in [1.165, 1.54) is 0 Å². The van der Waals surface area contributed by atoms with Crippen molar-refractivity contribution in [3.63, 3.8) is 0 Å². The van der Waals surface area contributed by atoms with Crippen LogP contribution in [0, 0.1) is 0 Å². The number of hydrogen-bond donors (Lipinski definition) is 2. The van der Waals surface area contributed by atoms with E-state index < -0.39 is 0 Å². The lowest BCUT2D eigenvalue weighted by Crippen LogP contribution is -2.42. The highest BCUT2D eigenvalue weighted by Crippen LogP contribution is 2.15. The van der Waals surface area contributed by atoms with Gasteiger partial charge in [-0.1, -0.05) is 6.07 Å². The number of rotatable bonds is 2. The highest BCUT2D eigenvalue weighted by Gasteiger charge is 2.16. The van der Waals surface area contributed by atoms with Crippen LogP contribution in [-0.2, 0) is 0 Å². The van der Waals surface area contributed by atoms with E-state index in [1.54, 1.807) is 12.4 Å². The van der Waals surface area contributed by atoms with Crippen LogP contribution in [0.4, 0.5) is 0 Å². The van der Waals surface area contributed by atoms with Crippen molar-refractivity contribution in [2.24, 2.45) is 0 Å². The van der Waals surface area contributed by atoms with Crippen LogP contribution in [0.1, 0.15) is 23.2 Å². The zero-order valence-corrected chi connectivity index (χ0v) is 10.7. The van der Waals surface area contributed by atoms with Gasteiger partial charge >= 0.3 is 0 Å². The normalized spacial score (nSPS) is 16.4. The molecule has 19 heavy (non-hydrogen) atoms. The molecule has 0 saturated carbocycles. The van der Waals surface area contributed by atoms with Gasteiger partial charge in [-0.25, -0.2) is 0 Å². The first-order valence-corrected chi connectivity index (χ1v) is 6.68. The van der Waals surface area contributed by atoms with Crippen molar-refractivity contribution in [1.29, 1.82) is 0 Å². The molecule has 1 aromatic carbocycles. The highest BCUT2D eigenvalue weighted by molar-refractivity contribution is 5.98. The first kappa shape index (κ1) is 12.1. The Kier molecular flexibility index (Phi) is 3.42. The number of aromatic nitrogens is 1. The molecule has 98 valence electrons. The Morgan fingerprint density at radius 2 is 2.05 bits per heavy atom. The number of fused-ring (bicyclic) bond motifs is 1. The van der Waals surface area contributed by atoms with Crippen LogP contribution in [0.15, 0.2) is 36.7 Å². The lowest BCUT2D eigenvalue weighted by Gasteiger charge is -2.23. The predicted molar refractivity (Wildman–Crippen MR) is 75.1 cm³/mol. The average Bonchev–Trinajstić information content (AvgIpc) is 2.48. The van der Waals surface area contributed by atoms with Gasteiger partial charge in [0.15, 0.2) is 0 Å². The molecule has 0 radical (unpaired) electrons. The third-order valence-electron chi connectivity index (χ3n) is 3.58. The van der Waals surface area contributed by atoms with Crippen LogP contribution in [0.3, 0.4) is 0 Å². The zero-order chi connectivity index (χ0) is 13.1. The number of piperidine rings is 1. The van der Waals surface area contributed by atoms with E-state index in [0.717, 1.165) is 36.7 Å². The van der Waals surface area contributed by atoms with Gasteiger partial charge in [0, 0.05) is 29.4 Å². The topological polar surface area (TPSA) is 54.0 Å². The Morgan fingerprint density at radius 1 is 1.21 bits per heavy atom. The molecule has 1 saturated heterocycles. The monoisotopic (exact) mass is 255 g/mol. The smallest absolute Gasteiger partial charge is 0.251 e. The van der Waals surface area contributed by atoms with E-state index in [0.29, 0.717) is 11.6 Å². The summed E-state index contributed by atoms with van der Waals surface area (Å²) in [7, 11) is 0. The van der Waals surface area contributed by atoms with Gasteiger partial charge in [-0.3, -0.25) is 9.78 Å². The van der Waals surface area contributed by atoms with Crippen molar-refractivity contribution in [1.82, 2.24) is 15.6 Å². The predicted octanol–water partition coefficient (Wildman–Crippen LogP) is 1.72. The summed E-state index contributed by atoms with van der Waals surface area (Å²) in [4.78, 5) is 16.3. The third kappa shape index (κ3) is 2.74. The highest BCUT2D eigenvalue weighted by atomic mass is 16.1. The number of amides is 1. The largest absolute Gasteiger partial charge is 0.349 e. The Hall–Kier alpha value is -1.94. The Bertz CT molecular complexity index is 591. The van der Waals surface area contributed by atoms with Crippen LogP contribution in [0.25, 0.3) is 10.8 Å². The van der Waals surface area contributed by atoms with Gasteiger partial charge in [-0.15, -0.1) is 0 Å². The number of carbonyl (C=O) groups excluding carboxylic acids is 1. The number of nitrogens with one attached hydrogen (secondary N) is 2. The molecule has 1 aromatic heterocycles. The maximum atomic E-state index is 12.2. The minimum Gasteiger partial charge on any atom is -0.349 e. The van der Waals surface area contributed by atoms with Gasteiger partial charge in [0.05, 0.1) is 0 Å². The first-order chi connectivity index (χ1) is 9.33. The van der Waals surface area contributed by atoms with Crippen LogP contribution < -0.4 is 10.6 Å². The molecule has 0 spiro atoms. The lowest BCUT2D eigenvalue weighted by molar-refractivity contribution is 0.0929. The fourth-order valence-corrected chi connectivity index (χ4v) is 2.46. The molecular weight excluding hydrogens is 238 g/mol. The quantitative estimate of drug-likeness (QED) is 0.859. The minimum absolute atomic E-state index is 0.0117. The van der Waals surface area contributed by atoms with E-state index in [1.807, 2.05) is 24.3 Å². The van der Waals surface area contributed by atoms with Crippen molar-refractivity contribution in [3.05, 3.63) is 42.2 Å². The standard InChI is InChI=1S/C15H17N3O/c19-15(18-14-4-7-16-8-5-14)12-2-1-11-3-6-17-10-13(11)9-12/h1-3,6,9-10,14,16H,4-5,7-8H2,(H,18,19). The number of hydrogen-bond acceptors (Lipinski definition) is 3. The Balaban J connectivity index is 1.77. The second kappa shape index (κ2) is 5.36. The average molecular weight is 255 g/mol. The Labute approximate surface area is 112 Å². The van der Waals surface area contributed by atoms with Gasteiger partial charge in [0.1, 0.15) is 0 Å². The lowest BCUT2D eigenvalue weighted by atomic mass is 10.0. The molecule has 2 heterocycles. The van der Waals surface area contributed by atoms with Crippen molar-refractivity contribution >= 4 is 16.7 Å². The molecule has 3 rings (SSSR count). The van der Waals surface area contributed by atoms with Gasteiger partial charge in [-0.2, -0.15) is 0 Å². The van der Waals surface area contributed by atoms with E-state index in [-0.39, 0.29) is 5.91 Å². The molecule has 2 N–H and O–H groups in total. The van der Waals surface area contributed by atoms with Gasteiger partial charge in [-0.05, 0) is 49.5 Å². The van der Waals surface area contributed by atoms with Crippen molar-refractivity contribution < 1.29 is 4.79 Å². The molecule has 0 unspecified atom stereocenters. The summed E-state index contributed by atoms with van der Waals surface area (Å²) in [5, 5.41) is 8.50. The van der Waals surface area contributed by atoms with Crippen LogP contribution in [0.5, 0.6) is 0 Å². The summed E-state index contributed by atoms with van der Waals surface area (Å²) in [6.45, 7) is 1.96. The second-order valence-electron chi connectivity index (χ2n) is 4.94. The van der Waals surface area contributed by atoms with Crippen molar-refractivity contribution in [2.45, 2.75) is 18.9 Å². The molecule has 4 heteroatoms. The maximum Gasteiger partial charge on any atom is 0.251 e. The molecule has 1 fully saturated rings.